The Morgan fingerprint density at radius 2 is 2.34 bits per heavy atom. The quantitative estimate of drug-likeness (QED) is 0.221. The van der Waals surface area contributed by atoms with Crippen LogP contribution in [-0.4, -0.2) is 86.1 Å². The van der Waals surface area contributed by atoms with Crippen molar-refractivity contribution in [2.75, 3.05) is 31.0 Å². The van der Waals surface area contributed by atoms with E-state index in [4.69, 9.17) is 9.57 Å². The minimum atomic E-state index is -1.18. The minimum Gasteiger partial charge on any atom is -0.490 e. The van der Waals surface area contributed by atoms with Crippen LogP contribution in [0.25, 0.3) is 0 Å². The minimum absolute atomic E-state index is 0.0400. The lowest BCUT2D eigenvalue weighted by atomic mass is 10.0. The van der Waals surface area contributed by atoms with Gasteiger partial charge in [-0.05, 0) is 5.57 Å². The van der Waals surface area contributed by atoms with Crippen LogP contribution in [0.1, 0.15) is 0 Å². The van der Waals surface area contributed by atoms with Gasteiger partial charge in [0, 0.05) is 22.7 Å². The van der Waals surface area contributed by atoms with Crippen LogP contribution in [0.4, 0.5) is 0 Å². The maximum atomic E-state index is 12.8. The molecule has 1 aromatic heterocycles. The number of aromatic nitrogens is 2. The van der Waals surface area contributed by atoms with E-state index in [1.54, 1.807) is 10.9 Å². The molecule has 2 amide bonds. The van der Waals surface area contributed by atoms with E-state index in [1.165, 1.54) is 58.6 Å². The van der Waals surface area contributed by atoms with E-state index in [0.29, 0.717) is 23.7 Å². The molecule has 0 spiro atoms. The fourth-order valence-electron chi connectivity index (χ4n) is 3.16. The zero-order chi connectivity index (χ0) is 22.7. The molecule has 1 fully saturated rings. The molecule has 1 saturated heterocycles. The Morgan fingerprint density at radius 3 is 3.00 bits per heavy atom. The van der Waals surface area contributed by atoms with Crippen LogP contribution in [-0.2, 0) is 24.0 Å². The van der Waals surface area contributed by atoms with Crippen LogP contribution in [0.2, 0.25) is 0 Å². The Morgan fingerprint density at radius 1 is 1.50 bits per heavy atom. The summed E-state index contributed by atoms with van der Waals surface area (Å²) in [6.07, 6.45) is 0. The van der Waals surface area contributed by atoms with Gasteiger partial charge in [-0.1, -0.05) is 28.3 Å². The molecule has 1 unspecified atom stereocenters. The van der Waals surface area contributed by atoms with Gasteiger partial charge in [-0.2, -0.15) is 0 Å². The van der Waals surface area contributed by atoms with Crippen LogP contribution in [0.15, 0.2) is 37.4 Å². The lowest BCUT2D eigenvalue weighted by molar-refractivity contribution is -0.150. The van der Waals surface area contributed by atoms with Crippen molar-refractivity contribution in [1.82, 2.24) is 20.4 Å². The molecule has 0 aromatic carbocycles. The van der Waals surface area contributed by atoms with Crippen molar-refractivity contribution in [3.63, 3.8) is 0 Å². The van der Waals surface area contributed by atoms with E-state index >= 15 is 0 Å². The van der Waals surface area contributed by atoms with Gasteiger partial charge in [0.15, 0.2) is 10.1 Å². The van der Waals surface area contributed by atoms with Crippen molar-refractivity contribution in [2.24, 2.45) is 5.16 Å². The fraction of sp³-hybridized carbons (Fsp3) is 0.412. The summed E-state index contributed by atoms with van der Waals surface area (Å²) in [7, 11) is 1.31. The smallest absolute Gasteiger partial charge is 0.352 e. The predicted molar refractivity (Wildman–Crippen MR) is 121 cm³/mol. The average Bonchev–Trinajstić information content (AvgIpc) is 3.33. The number of oxime groups is 1. The van der Waals surface area contributed by atoms with Crippen molar-refractivity contribution in [2.45, 2.75) is 15.8 Å². The molecule has 170 valence electrons. The third kappa shape index (κ3) is 4.60. The Bertz CT molecular complexity index is 1010. The lowest BCUT2D eigenvalue weighted by Gasteiger charge is -2.49. The Hall–Kier alpha value is -2.23. The number of nitrogens with zero attached hydrogens (tertiary/aromatic N) is 4. The molecule has 2 N–H and O–H groups in total. The summed E-state index contributed by atoms with van der Waals surface area (Å²) in [4.78, 5) is 43.6. The van der Waals surface area contributed by atoms with Gasteiger partial charge in [0.05, 0.1) is 6.61 Å². The summed E-state index contributed by atoms with van der Waals surface area (Å²) in [6, 6.07) is -0.877. The van der Waals surface area contributed by atoms with E-state index in [9.17, 15) is 19.5 Å². The van der Waals surface area contributed by atoms with E-state index in [-0.39, 0.29) is 17.2 Å². The summed E-state index contributed by atoms with van der Waals surface area (Å²) in [5.74, 6) is -0.481. The summed E-state index contributed by atoms with van der Waals surface area (Å²) in [5.41, 5.74) is 2.11. The largest absolute Gasteiger partial charge is 0.490 e. The number of thioether (sulfide) groups is 3. The average molecular weight is 516 g/mol. The van der Waals surface area contributed by atoms with Gasteiger partial charge in [0.25, 0.3) is 11.8 Å². The number of carboxylic acid groups (broad SMARTS) is 1. The number of carbonyl (C=O) groups excluding carboxylic acids is 2. The molecule has 11 nitrogen and oxygen atoms in total. The molecule has 3 aliphatic heterocycles. The number of hydrogen-bond acceptors (Lipinski definition) is 12. The van der Waals surface area contributed by atoms with Gasteiger partial charge >= 0.3 is 5.97 Å². The van der Waals surface area contributed by atoms with Crippen LogP contribution >= 0.6 is 46.6 Å². The highest BCUT2D eigenvalue weighted by atomic mass is 32.2. The Kier molecular flexibility index (Phi) is 7.27. The molecule has 0 bridgehead atoms. The number of fused-ring (bicyclic) bond motifs is 1. The third-order valence-corrected chi connectivity index (χ3v) is 8.60. The first-order chi connectivity index (χ1) is 15.5. The zero-order valence-electron chi connectivity index (χ0n) is 16.5. The number of aliphatic carboxylic acids is 1. The number of rotatable bonds is 8. The molecule has 0 saturated carbocycles. The SMILES string of the molecule is CO/N=C(\C(=O)NC1C(=O)N2C(C(=O)O)=C(CSc3nncs3)CS[C@H]12)C1=CSCCO1. The summed E-state index contributed by atoms with van der Waals surface area (Å²) in [5, 5.41) is 25.0. The van der Waals surface area contributed by atoms with Crippen molar-refractivity contribution < 1.29 is 29.1 Å². The van der Waals surface area contributed by atoms with Gasteiger partial charge in [0.1, 0.15) is 29.7 Å². The predicted octanol–water partition coefficient (Wildman–Crippen LogP) is 0.976. The monoisotopic (exact) mass is 515 g/mol. The molecule has 0 aliphatic carbocycles. The first-order valence-electron chi connectivity index (χ1n) is 9.17. The number of amides is 2. The molecule has 15 heteroatoms. The second-order valence-electron chi connectivity index (χ2n) is 6.44. The highest BCUT2D eigenvalue weighted by Crippen LogP contribution is 2.41. The van der Waals surface area contributed by atoms with E-state index in [1.807, 2.05) is 0 Å². The topological polar surface area (TPSA) is 143 Å². The maximum Gasteiger partial charge on any atom is 0.352 e. The number of carboxylic acids is 1. The molecule has 32 heavy (non-hydrogen) atoms. The summed E-state index contributed by atoms with van der Waals surface area (Å²) >= 11 is 5.60. The Balaban J connectivity index is 1.47. The normalized spacial score (nSPS) is 23.0. The first-order valence-corrected chi connectivity index (χ1v) is 13.1. The second kappa shape index (κ2) is 10.1. The van der Waals surface area contributed by atoms with Crippen LogP contribution < -0.4 is 5.32 Å². The van der Waals surface area contributed by atoms with Gasteiger partial charge in [-0.3, -0.25) is 14.5 Å². The molecule has 1 aromatic rings. The van der Waals surface area contributed by atoms with Crippen LogP contribution in [0.5, 0.6) is 0 Å². The van der Waals surface area contributed by atoms with Crippen molar-refractivity contribution in [3.8, 4) is 0 Å². The molecule has 2 atom stereocenters. The fourth-order valence-corrected chi connectivity index (χ4v) is 6.76. The van der Waals surface area contributed by atoms with E-state index in [2.05, 4.69) is 20.7 Å². The molecule has 4 heterocycles. The van der Waals surface area contributed by atoms with E-state index < -0.39 is 29.2 Å². The summed E-state index contributed by atoms with van der Waals surface area (Å²) in [6.45, 7) is 0.422. The number of carbonyl (C=O) groups is 3. The third-order valence-electron chi connectivity index (χ3n) is 4.53. The standard InChI is InChI=1S/C17H17N5O6S4/c1-27-21-10(9-6-29-3-2-28-9)13(23)19-11-14(24)22-12(16(25)26)8(4-30-15(11)22)5-31-17-20-18-7-32-17/h6-7,11,15H,2-5H2,1H3,(H,19,23)(H,25,26)/b21-10-/t11?,15-/m1/s1. The number of β-lactam (4-membered cyclic amide) rings is 1. The molecule has 0 radical (unpaired) electrons. The number of nitrogens with one attached hydrogen (secondary N) is 1. The lowest BCUT2D eigenvalue weighted by Crippen LogP contribution is -2.71. The molecular formula is C17H17N5O6S4. The first kappa shape index (κ1) is 22.9. The van der Waals surface area contributed by atoms with E-state index in [0.717, 1.165) is 10.1 Å². The second-order valence-corrected chi connectivity index (χ2v) is 10.6. The van der Waals surface area contributed by atoms with Gasteiger partial charge in [-0.25, -0.2) is 4.79 Å². The molecule has 3 aliphatic rings. The van der Waals surface area contributed by atoms with Gasteiger partial charge in [0.2, 0.25) is 5.71 Å². The van der Waals surface area contributed by atoms with Crippen molar-refractivity contribution >= 4 is 70.1 Å². The molecular weight excluding hydrogens is 498 g/mol. The van der Waals surface area contributed by atoms with Crippen LogP contribution in [0.3, 0.4) is 0 Å². The number of hydrogen-bond donors (Lipinski definition) is 2. The zero-order valence-corrected chi connectivity index (χ0v) is 19.8. The van der Waals surface area contributed by atoms with Gasteiger partial charge in [-0.15, -0.1) is 33.7 Å². The Labute approximate surface area is 199 Å². The van der Waals surface area contributed by atoms with Crippen molar-refractivity contribution in [3.05, 3.63) is 27.9 Å². The van der Waals surface area contributed by atoms with Crippen molar-refractivity contribution in [1.29, 1.82) is 0 Å². The highest BCUT2D eigenvalue weighted by molar-refractivity contribution is 8.02. The van der Waals surface area contributed by atoms with Crippen LogP contribution in [0, 0.1) is 0 Å². The number of ether oxygens (including phenoxy) is 1. The van der Waals surface area contributed by atoms with Gasteiger partial charge < -0.3 is 20.0 Å². The molecule has 4 rings (SSSR count). The summed E-state index contributed by atoms with van der Waals surface area (Å²) < 4.78 is 6.19. The maximum absolute atomic E-state index is 12.8. The highest BCUT2D eigenvalue weighted by Gasteiger charge is 2.54.